The molecule has 0 aliphatic carbocycles. The van der Waals surface area contributed by atoms with Crippen LogP contribution in [-0.4, -0.2) is 44.8 Å². The Balaban J connectivity index is 2.45. The van der Waals surface area contributed by atoms with E-state index in [0.717, 1.165) is 0 Å². The van der Waals surface area contributed by atoms with Crippen LogP contribution in [0, 0.1) is 0 Å². The molecule has 1 heterocycles. The number of carboxylic acid groups (broad SMARTS) is 1. The standard InChI is InChI=1S/C16H16F3N3O3/c1-9(2)21(3)14(23)10-4-6-11(7-5-10)22-13(16(17,18)19)12(8-20-22)15(24)25/h4-9H,1-3H3,(H,24,25). The van der Waals surface area contributed by atoms with Crippen molar-refractivity contribution in [1.29, 1.82) is 0 Å². The van der Waals surface area contributed by atoms with E-state index in [1.165, 1.54) is 29.2 Å². The molecule has 0 saturated heterocycles. The van der Waals surface area contributed by atoms with Crippen molar-refractivity contribution in [2.75, 3.05) is 7.05 Å². The highest BCUT2D eigenvalue weighted by molar-refractivity contribution is 5.94. The Morgan fingerprint density at radius 2 is 1.76 bits per heavy atom. The molecule has 0 fully saturated rings. The van der Waals surface area contributed by atoms with Crippen molar-refractivity contribution in [3.05, 3.63) is 47.3 Å². The summed E-state index contributed by atoms with van der Waals surface area (Å²) >= 11 is 0. The second-order valence-electron chi connectivity index (χ2n) is 5.68. The number of benzene rings is 1. The van der Waals surface area contributed by atoms with E-state index < -0.39 is 23.4 Å². The number of carbonyl (C=O) groups is 2. The maximum atomic E-state index is 13.2. The van der Waals surface area contributed by atoms with Gasteiger partial charge in [0.25, 0.3) is 5.91 Å². The summed E-state index contributed by atoms with van der Waals surface area (Å²) in [6.07, 6.45) is -4.24. The molecule has 6 nitrogen and oxygen atoms in total. The molecular weight excluding hydrogens is 339 g/mol. The molecule has 2 rings (SSSR count). The molecule has 1 aromatic carbocycles. The van der Waals surface area contributed by atoms with Crippen molar-refractivity contribution in [1.82, 2.24) is 14.7 Å². The number of aromatic carboxylic acids is 1. The Kier molecular flexibility index (Phi) is 4.87. The Morgan fingerprint density at radius 3 is 2.20 bits per heavy atom. The smallest absolute Gasteiger partial charge is 0.434 e. The van der Waals surface area contributed by atoms with Crippen LogP contribution in [0.3, 0.4) is 0 Å². The normalized spacial score (nSPS) is 11.6. The van der Waals surface area contributed by atoms with Crippen LogP contribution in [0.2, 0.25) is 0 Å². The van der Waals surface area contributed by atoms with E-state index in [1.807, 2.05) is 13.8 Å². The van der Waals surface area contributed by atoms with E-state index in [0.29, 0.717) is 16.4 Å². The topological polar surface area (TPSA) is 75.4 Å². The first-order valence-electron chi connectivity index (χ1n) is 7.30. The van der Waals surface area contributed by atoms with Crippen LogP contribution >= 0.6 is 0 Å². The summed E-state index contributed by atoms with van der Waals surface area (Å²) in [5.74, 6) is -1.99. The molecular formula is C16H16F3N3O3. The lowest BCUT2D eigenvalue weighted by Crippen LogP contribution is -2.32. The number of rotatable bonds is 4. The monoisotopic (exact) mass is 355 g/mol. The first-order chi connectivity index (χ1) is 11.5. The lowest BCUT2D eigenvalue weighted by Gasteiger charge is -2.21. The second kappa shape index (κ2) is 6.58. The van der Waals surface area contributed by atoms with Gasteiger partial charge < -0.3 is 10.0 Å². The molecule has 0 aliphatic heterocycles. The highest BCUT2D eigenvalue weighted by atomic mass is 19.4. The summed E-state index contributed by atoms with van der Waals surface area (Å²) in [5.41, 5.74) is -2.01. The number of hydrogen-bond acceptors (Lipinski definition) is 3. The van der Waals surface area contributed by atoms with Gasteiger partial charge in [-0.2, -0.15) is 18.3 Å². The summed E-state index contributed by atoms with van der Waals surface area (Å²) < 4.78 is 40.1. The molecule has 2 aromatic rings. The van der Waals surface area contributed by atoms with Gasteiger partial charge in [0.2, 0.25) is 0 Å². The summed E-state index contributed by atoms with van der Waals surface area (Å²) in [5, 5.41) is 12.4. The Morgan fingerprint density at radius 1 is 1.20 bits per heavy atom. The molecule has 0 unspecified atom stereocenters. The maximum absolute atomic E-state index is 13.2. The Bertz CT molecular complexity index is 795. The van der Waals surface area contributed by atoms with Crippen molar-refractivity contribution < 1.29 is 27.9 Å². The third-order valence-electron chi connectivity index (χ3n) is 3.72. The average molecular weight is 355 g/mol. The van der Waals surface area contributed by atoms with E-state index in [-0.39, 0.29) is 17.6 Å². The van der Waals surface area contributed by atoms with Gasteiger partial charge in [0, 0.05) is 18.7 Å². The fraction of sp³-hybridized carbons (Fsp3) is 0.312. The van der Waals surface area contributed by atoms with Gasteiger partial charge in [-0.3, -0.25) is 4.79 Å². The molecule has 0 atom stereocenters. The quantitative estimate of drug-likeness (QED) is 0.915. The van der Waals surface area contributed by atoms with Crippen LogP contribution in [0.25, 0.3) is 5.69 Å². The first kappa shape index (κ1) is 18.5. The summed E-state index contributed by atoms with van der Waals surface area (Å²) in [6, 6.07) is 5.29. The third-order valence-corrected chi connectivity index (χ3v) is 3.72. The van der Waals surface area contributed by atoms with Gasteiger partial charge in [0.05, 0.1) is 11.9 Å². The molecule has 0 saturated carbocycles. The molecule has 1 N–H and O–H groups in total. The van der Waals surface area contributed by atoms with Gasteiger partial charge in [-0.25, -0.2) is 9.48 Å². The van der Waals surface area contributed by atoms with E-state index in [1.54, 1.807) is 7.05 Å². The lowest BCUT2D eigenvalue weighted by molar-refractivity contribution is -0.143. The molecule has 1 aromatic heterocycles. The zero-order chi connectivity index (χ0) is 18.9. The van der Waals surface area contributed by atoms with E-state index >= 15 is 0 Å². The lowest BCUT2D eigenvalue weighted by atomic mass is 10.1. The largest absolute Gasteiger partial charge is 0.478 e. The van der Waals surface area contributed by atoms with E-state index in [4.69, 9.17) is 5.11 Å². The molecule has 0 bridgehead atoms. The number of alkyl halides is 3. The zero-order valence-electron chi connectivity index (χ0n) is 13.7. The van der Waals surface area contributed by atoms with E-state index in [2.05, 4.69) is 5.10 Å². The number of amides is 1. The number of halogens is 3. The molecule has 0 aliphatic rings. The molecule has 9 heteroatoms. The van der Waals surface area contributed by atoms with Crippen LogP contribution < -0.4 is 0 Å². The van der Waals surface area contributed by atoms with Crippen molar-refractivity contribution >= 4 is 11.9 Å². The van der Waals surface area contributed by atoms with Crippen LogP contribution in [0.5, 0.6) is 0 Å². The zero-order valence-corrected chi connectivity index (χ0v) is 13.7. The van der Waals surface area contributed by atoms with Gasteiger partial charge >= 0.3 is 12.1 Å². The van der Waals surface area contributed by atoms with Crippen molar-refractivity contribution in [3.63, 3.8) is 0 Å². The minimum absolute atomic E-state index is 0.00331. The van der Waals surface area contributed by atoms with Gasteiger partial charge in [0.1, 0.15) is 5.56 Å². The second-order valence-corrected chi connectivity index (χ2v) is 5.68. The van der Waals surface area contributed by atoms with Gasteiger partial charge in [-0.15, -0.1) is 0 Å². The SMILES string of the molecule is CC(C)N(C)C(=O)c1ccc(-n2ncc(C(=O)O)c2C(F)(F)F)cc1. The van der Waals surface area contributed by atoms with Crippen LogP contribution in [-0.2, 0) is 6.18 Å². The number of nitrogens with zero attached hydrogens (tertiary/aromatic N) is 3. The van der Waals surface area contributed by atoms with Crippen LogP contribution in [0.1, 0.15) is 40.3 Å². The van der Waals surface area contributed by atoms with Crippen molar-refractivity contribution in [3.8, 4) is 5.69 Å². The average Bonchev–Trinajstić information content (AvgIpc) is 2.99. The molecule has 0 radical (unpaired) electrons. The summed E-state index contributed by atoms with van der Waals surface area (Å²) in [4.78, 5) is 24.7. The molecule has 134 valence electrons. The molecule has 0 spiro atoms. The number of hydrogen-bond donors (Lipinski definition) is 1. The van der Waals surface area contributed by atoms with Crippen LogP contribution in [0.4, 0.5) is 13.2 Å². The number of carboxylic acids is 1. The third kappa shape index (κ3) is 3.65. The number of aromatic nitrogens is 2. The van der Waals surface area contributed by atoms with Crippen molar-refractivity contribution in [2.45, 2.75) is 26.1 Å². The minimum atomic E-state index is -4.89. The van der Waals surface area contributed by atoms with Gasteiger partial charge in [0.15, 0.2) is 5.69 Å². The fourth-order valence-electron chi connectivity index (χ4n) is 2.16. The first-order valence-corrected chi connectivity index (χ1v) is 7.30. The van der Waals surface area contributed by atoms with E-state index in [9.17, 15) is 22.8 Å². The van der Waals surface area contributed by atoms with Gasteiger partial charge in [-0.1, -0.05) is 0 Å². The predicted molar refractivity (Wildman–Crippen MR) is 82.8 cm³/mol. The Hall–Kier alpha value is -2.84. The summed E-state index contributed by atoms with van der Waals surface area (Å²) in [7, 11) is 1.62. The summed E-state index contributed by atoms with van der Waals surface area (Å²) in [6.45, 7) is 3.66. The fourth-order valence-corrected chi connectivity index (χ4v) is 2.16. The van der Waals surface area contributed by atoms with Crippen molar-refractivity contribution in [2.24, 2.45) is 0 Å². The molecule has 25 heavy (non-hydrogen) atoms. The molecule has 1 amide bonds. The maximum Gasteiger partial charge on any atom is 0.434 e. The predicted octanol–water partition coefficient (Wildman–Crippen LogP) is 3.07. The number of carbonyl (C=O) groups excluding carboxylic acids is 1. The highest BCUT2D eigenvalue weighted by Crippen LogP contribution is 2.33. The van der Waals surface area contributed by atoms with Gasteiger partial charge in [-0.05, 0) is 38.1 Å². The highest BCUT2D eigenvalue weighted by Gasteiger charge is 2.40. The van der Waals surface area contributed by atoms with Crippen LogP contribution in [0.15, 0.2) is 30.5 Å². The Labute approximate surface area is 141 Å². The minimum Gasteiger partial charge on any atom is -0.478 e.